The normalized spacial score (nSPS) is 10.8. The minimum Gasteiger partial charge on any atom is -0.397 e. The van der Waals surface area contributed by atoms with E-state index in [1.807, 2.05) is 0 Å². The molecule has 2 N–H and O–H groups in total. The lowest BCUT2D eigenvalue weighted by molar-refractivity contribution is 0.636. The molecule has 2 aromatic rings. The van der Waals surface area contributed by atoms with Crippen LogP contribution in [0, 0.1) is 5.82 Å². The topological polar surface area (TPSA) is 38.9 Å². The first-order valence-corrected chi connectivity index (χ1v) is 4.95. The number of hydrogen-bond donors (Lipinski definition) is 1. The first kappa shape index (κ1) is 9.68. The molecular weight excluding hydrogens is 270 g/mol. The summed E-state index contributed by atoms with van der Waals surface area (Å²) in [6, 6.07) is 2.88. The van der Waals surface area contributed by atoms with E-state index >= 15 is 0 Å². The Bertz CT molecular complexity index is 516. The van der Waals surface area contributed by atoms with E-state index in [-0.39, 0.29) is 5.52 Å². The molecule has 0 bridgehead atoms. The zero-order valence-corrected chi connectivity index (χ0v) is 9.23. The van der Waals surface area contributed by atoms with Crippen molar-refractivity contribution in [2.75, 3.05) is 5.73 Å². The van der Waals surface area contributed by atoms with Crippen LogP contribution in [0.1, 0.15) is 0 Å². The second-order valence-electron chi connectivity index (χ2n) is 2.82. The molecular formula is C9H5BrClFN2. The molecule has 0 fully saturated rings. The highest BCUT2D eigenvalue weighted by Crippen LogP contribution is 2.32. The number of hydrogen-bond acceptors (Lipinski definition) is 2. The van der Waals surface area contributed by atoms with Gasteiger partial charge in [0.25, 0.3) is 0 Å². The van der Waals surface area contributed by atoms with Gasteiger partial charge < -0.3 is 5.73 Å². The van der Waals surface area contributed by atoms with Gasteiger partial charge in [0, 0.05) is 9.86 Å². The van der Waals surface area contributed by atoms with E-state index in [4.69, 9.17) is 17.3 Å². The number of aromatic nitrogens is 1. The smallest absolute Gasteiger partial charge is 0.150 e. The Morgan fingerprint density at radius 2 is 2.14 bits per heavy atom. The summed E-state index contributed by atoms with van der Waals surface area (Å²) in [5.41, 5.74) is 6.22. The van der Waals surface area contributed by atoms with E-state index in [1.165, 1.54) is 12.3 Å². The average Bonchev–Trinajstić information content (AvgIpc) is 2.14. The molecule has 72 valence electrons. The molecule has 2 nitrogen and oxygen atoms in total. The Labute approximate surface area is 93.0 Å². The molecule has 1 heterocycles. The van der Waals surface area contributed by atoms with Crippen molar-refractivity contribution < 1.29 is 4.39 Å². The largest absolute Gasteiger partial charge is 0.397 e. The highest BCUT2D eigenvalue weighted by molar-refractivity contribution is 9.10. The standard InChI is InChI=1S/C9H5BrClFN2/c10-6-2-7(12)9-5(8(6)11)1-4(13)3-14-9/h1-3H,13H2. The number of pyridine rings is 1. The van der Waals surface area contributed by atoms with Crippen molar-refractivity contribution in [3.8, 4) is 0 Å². The Hall–Kier alpha value is -0.870. The second kappa shape index (κ2) is 3.37. The molecule has 1 aromatic carbocycles. The summed E-state index contributed by atoms with van der Waals surface area (Å²) in [7, 11) is 0. The van der Waals surface area contributed by atoms with Crippen LogP contribution in [0.3, 0.4) is 0 Å². The molecule has 0 aliphatic rings. The molecule has 0 spiro atoms. The van der Waals surface area contributed by atoms with E-state index in [1.54, 1.807) is 6.07 Å². The van der Waals surface area contributed by atoms with E-state index in [2.05, 4.69) is 20.9 Å². The molecule has 0 aliphatic heterocycles. The number of rotatable bonds is 0. The molecule has 0 aliphatic carbocycles. The highest BCUT2D eigenvalue weighted by atomic mass is 79.9. The number of benzene rings is 1. The van der Waals surface area contributed by atoms with E-state index in [0.29, 0.717) is 20.6 Å². The van der Waals surface area contributed by atoms with Gasteiger partial charge in [0.2, 0.25) is 0 Å². The fourth-order valence-corrected chi connectivity index (χ4v) is 1.82. The van der Waals surface area contributed by atoms with Crippen molar-refractivity contribution in [1.29, 1.82) is 0 Å². The third-order valence-electron chi connectivity index (χ3n) is 1.83. The zero-order valence-electron chi connectivity index (χ0n) is 6.89. The maximum Gasteiger partial charge on any atom is 0.150 e. The summed E-state index contributed by atoms with van der Waals surface area (Å²) in [6.45, 7) is 0. The predicted molar refractivity (Wildman–Crippen MR) is 58.8 cm³/mol. The van der Waals surface area contributed by atoms with E-state index in [9.17, 15) is 4.39 Å². The van der Waals surface area contributed by atoms with Gasteiger partial charge in [0.15, 0.2) is 5.82 Å². The van der Waals surface area contributed by atoms with Crippen molar-refractivity contribution in [2.45, 2.75) is 0 Å². The maximum absolute atomic E-state index is 13.4. The SMILES string of the molecule is Nc1cnc2c(F)cc(Br)c(Cl)c2c1. The van der Waals surface area contributed by atoms with Gasteiger partial charge in [-0.05, 0) is 28.1 Å². The van der Waals surface area contributed by atoms with Gasteiger partial charge in [0.05, 0.1) is 16.9 Å². The Morgan fingerprint density at radius 3 is 2.86 bits per heavy atom. The van der Waals surface area contributed by atoms with Crippen LogP contribution in [0.25, 0.3) is 10.9 Å². The Kier molecular flexibility index (Phi) is 2.33. The van der Waals surface area contributed by atoms with E-state index < -0.39 is 5.82 Å². The van der Waals surface area contributed by atoms with Crippen LogP contribution >= 0.6 is 27.5 Å². The van der Waals surface area contributed by atoms with Gasteiger partial charge in [-0.2, -0.15) is 0 Å². The van der Waals surface area contributed by atoms with Crippen LogP contribution in [0.4, 0.5) is 10.1 Å². The fraction of sp³-hybridized carbons (Fsp3) is 0. The summed E-state index contributed by atoms with van der Waals surface area (Å²) >= 11 is 9.11. The molecule has 0 amide bonds. The monoisotopic (exact) mass is 274 g/mol. The molecule has 0 saturated carbocycles. The minimum atomic E-state index is -0.420. The van der Waals surface area contributed by atoms with Crippen LogP contribution in [0.2, 0.25) is 5.02 Å². The van der Waals surface area contributed by atoms with Crippen LogP contribution in [-0.2, 0) is 0 Å². The third-order valence-corrected chi connectivity index (χ3v) is 3.10. The van der Waals surface area contributed by atoms with Gasteiger partial charge >= 0.3 is 0 Å². The lowest BCUT2D eigenvalue weighted by Crippen LogP contribution is -1.90. The lowest BCUT2D eigenvalue weighted by atomic mass is 10.2. The minimum absolute atomic E-state index is 0.229. The van der Waals surface area contributed by atoms with Crippen molar-refractivity contribution in [2.24, 2.45) is 0 Å². The van der Waals surface area contributed by atoms with Gasteiger partial charge in [-0.25, -0.2) is 4.39 Å². The number of halogens is 3. The van der Waals surface area contributed by atoms with Crippen LogP contribution in [0.15, 0.2) is 22.8 Å². The molecule has 0 unspecified atom stereocenters. The van der Waals surface area contributed by atoms with Crippen LogP contribution in [-0.4, -0.2) is 4.98 Å². The molecule has 0 saturated heterocycles. The summed E-state index contributed by atoms with van der Waals surface area (Å²) in [5, 5.41) is 0.930. The number of nitrogens with two attached hydrogens (primary N) is 1. The van der Waals surface area contributed by atoms with Gasteiger partial charge in [-0.15, -0.1) is 0 Å². The predicted octanol–water partition coefficient (Wildman–Crippen LogP) is 3.37. The van der Waals surface area contributed by atoms with Crippen molar-refractivity contribution in [3.63, 3.8) is 0 Å². The van der Waals surface area contributed by atoms with Gasteiger partial charge in [-0.3, -0.25) is 4.98 Å². The quantitative estimate of drug-likeness (QED) is 0.749. The Balaban J connectivity index is 2.95. The number of nitrogens with zero attached hydrogens (tertiary/aromatic N) is 1. The molecule has 0 atom stereocenters. The average molecular weight is 276 g/mol. The molecule has 5 heteroatoms. The molecule has 1 aromatic heterocycles. The summed E-state index contributed by atoms with van der Waals surface area (Å²) < 4.78 is 13.9. The zero-order chi connectivity index (χ0) is 10.3. The first-order chi connectivity index (χ1) is 6.59. The number of nitrogen functional groups attached to an aromatic ring is 1. The highest BCUT2D eigenvalue weighted by Gasteiger charge is 2.10. The second-order valence-corrected chi connectivity index (χ2v) is 4.05. The van der Waals surface area contributed by atoms with Crippen molar-refractivity contribution in [1.82, 2.24) is 4.98 Å². The summed E-state index contributed by atoms with van der Waals surface area (Å²) in [5.74, 6) is -0.420. The Morgan fingerprint density at radius 1 is 1.43 bits per heavy atom. The fourth-order valence-electron chi connectivity index (χ4n) is 1.21. The van der Waals surface area contributed by atoms with Gasteiger partial charge in [0.1, 0.15) is 5.52 Å². The maximum atomic E-state index is 13.4. The van der Waals surface area contributed by atoms with Crippen molar-refractivity contribution in [3.05, 3.63) is 33.6 Å². The summed E-state index contributed by atoms with van der Waals surface area (Å²) in [6.07, 6.45) is 1.40. The summed E-state index contributed by atoms with van der Waals surface area (Å²) in [4.78, 5) is 3.88. The van der Waals surface area contributed by atoms with Crippen molar-refractivity contribution >= 4 is 44.1 Å². The number of fused-ring (bicyclic) bond motifs is 1. The van der Waals surface area contributed by atoms with E-state index in [0.717, 1.165) is 0 Å². The number of anilines is 1. The van der Waals surface area contributed by atoms with Crippen LogP contribution in [0.5, 0.6) is 0 Å². The van der Waals surface area contributed by atoms with Gasteiger partial charge in [-0.1, -0.05) is 11.6 Å². The molecule has 2 rings (SSSR count). The molecule has 0 radical (unpaired) electrons. The molecule has 14 heavy (non-hydrogen) atoms. The van der Waals surface area contributed by atoms with Crippen LogP contribution < -0.4 is 5.73 Å². The lowest BCUT2D eigenvalue weighted by Gasteiger charge is -2.04. The third kappa shape index (κ3) is 1.44. The first-order valence-electron chi connectivity index (χ1n) is 3.78.